The van der Waals surface area contributed by atoms with E-state index in [-0.39, 0.29) is 17.9 Å². The first-order valence-corrected chi connectivity index (χ1v) is 11.3. The third-order valence-corrected chi connectivity index (χ3v) is 7.24. The molecule has 35 heavy (non-hydrogen) atoms. The van der Waals surface area contributed by atoms with Gasteiger partial charge in [0, 0.05) is 24.8 Å². The summed E-state index contributed by atoms with van der Waals surface area (Å²) in [5, 5.41) is 0.322. The summed E-state index contributed by atoms with van der Waals surface area (Å²) in [5.41, 5.74) is 1.85. The minimum absolute atomic E-state index is 0.00886. The van der Waals surface area contributed by atoms with E-state index in [1.165, 1.54) is 21.9 Å². The van der Waals surface area contributed by atoms with E-state index in [0.29, 0.717) is 27.8 Å². The summed E-state index contributed by atoms with van der Waals surface area (Å²) in [6, 6.07) is 16.3. The highest BCUT2D eigenvalue weighted by Gasteiger charge is 2.64. The monoisotopic (exact) mass is 468 g/mol. The van der Waals surface area contributed by atoms with Gasteiger partial charge in [-0.15, -0.1) is 0 Å². The van der Waals surface area contributed by atoms with E-state index in [1.807, 2.05) is 13.8 Å². The number of nitrogens with zero attached hydrogens (tertiary/aromatic N) is 2. The van der Waals surface area contributed by atoms with E-state index in [1.54, 1.807) is 55.6 Å². The molecule has 6 rings (SSSR count). The van der Waals surface area contributed by atoms with Crippen molar-refractivity contribution < 1.29 is 18.4 Å². The molecule has 4 aromatic rings. The number of hydrogen-bond acceptors (Lipinski definition) is 4. The molecule has 0 N–H and O–H groups in total. The van der Waals surface area contributed by atoms with Gasteiger partial charge in [-0.25, -0.2) is 4.39 Å². The Balaban J connectivity index is 1.71. The van der Waals surface area contributed by atoms with Crippen molar-refractivity contribution in [3.63, 3.8) is 0 Å². The smallest absolute Gasteiger partial charge is 0.291 e. The van der Waals surface area contributed by atoms with Crippen LogP contribution in [0.5, 0.6) is 0 Å². The number of benzene rings is 3. The summed E-state index contributed by atoms with van der Waals surface area (Å²) in [6.45, 7) is 3.79. The average molecular weight is 468 g/mol. The molecule has 1 spiro atoms. The Morgan fingerprint density at radius 3 is 2.37 bits per heavy atom. The SMILES string of the molecule is Cc1cc2oc3c(c(=O)c2cc1C)C1(C(=O)N(C)c2ccccc21)N(Cc1ccc(F)cc1)C3=O. The van der Waals surface area contributed by atoms with Crippen LogP contribution < -0.4 is 10.3 Å². The van der Waals surface area contributed by atoms with Gasteiger partial charge in [-0.1, -0.05) is 30.3 Å². The van der Waals surface area contributed by atoms with Gasteiger partial charge in [0.25, 0.3) is 11.8 Å². The van der Waals surface area contributed by atoms with Crippen LogP contribution in [-0.2, 0) is 16.9 Å². The molecule has 0 saturated heterocycles. The van der Waals surface area contributed by atoms with Crippen LogP contribution in [0, 0.1) is 19.7 Å². The Kier molecular flexibility index (Phi) is 4.33. The van der Waals surface area contributed by atoms with E-state index in [9.17, 15) is 18.8 Å². The van der Waals surface area contributed by atoms with Crippen LogP contribution in [0.3, 0.4) is 0 Å². The molecule has 6 nitrogen and oxygen atoms in total. The molecular formula is C28H21FN2O4. The summed E-state index contributed by atoms with van der Waals surface area (Å²) in [4.78, 5) is 44.8. The first kappa shape index (κ1) is 21.3. The molecular weight excluding hydrogens is 447 g/mol. The lowest BCUT2D eigenvalue weighted by atomic mass is 9.83. The lowest BCUT2D eigenvalue weighted by Gasteiger charge is -2.34. The van der Waals surface area contributed by atoms with E-state index in [0.717, 1.165) is 11.1 Å². The van der Waals surface area contributed by atoms with E-state index in [2.05, 4.69) is 0 Å². The third-order valence-electron chi connectivity index (χ3n) is 7.24. The fourth-order valence-corrected chi connectivity index (χ4v) is 5.34. The molecule has 174 valence electrons. The predicted molar refractivity (Wildman–Crippen MR) is 129 cm³/mol. The molecule has 3 heterocycles. The van der Waals surface area contributed by atoms with Crippen LogP contribution in [-0.4, -0.2) is 23.8 Å². The van der Waals surface area contributed by atoms with Crippen molar-refractivity contribution in [2.45, 2.75) is 25.9 Å². The number of hydrogen-bond donors (Lipinski definition) is 0. The maximum absolute atomic E-state index is 14.1. The van der Waals surface area contributed by atoms with Crippen molar-refractivity contribution in [3.05, 3.63) is 110 Å². The first-order valence-electron chi connectivity index (χ1n) is 11.3. The second kappa shape index (κ2) is 7.12. The largest absolute Gasteiger partial charge is 0.450 e. The van der Waals surface area contributed by atoms with Gasteiger partial charge in [-0.2, -0.15) is 0 Å². The maximum atomic E-state index is 14.1. The number of amides is 2. The minimum Gasteiger partial charge on any atom is -0.450 e. The van der Waals surface area contributed by atoms with E-state index < -0.39 is 28.6 Å². The van der Waals surface area contributed by atoms with Gasteiger partial charge in [0.1, 0.15) is 11.4 Å². The van der Waals surface area contributed by atoms with Gasteiger partial charge in [0.05, 0.1) is 10.9 Å². The quantitative estimate of drug-likeness (QED) is 0.437. The Morgan fingerprint density at radius 2 is 1.63 bits per heavy atom. The fraction of sp³-hybridized carbons (Fsp3) is 0.179. The zero-order valence-electron chi connectivity index (χ0n) is 19.4. The van der Waals surface area contributed by atoms with Crippen LogP contribution >= 0.6 is 0 Å². The Labute approximate surface area is 200 Å². The lowest BCUT2D eigenvalue weighted by Crippen LogP contribution is -2.52. The topological polar surface area (TPSA) is 70.8 Å². The number of carbonyl (C=O) groups is 2. The van der Waals surface area contributed by atoms with E-state index in [4.69, 9.17) is 4.42 Å². The number of anilines is 1. The minimum atomic E-state index is -1.68. The molecule has 2 amide bonds. The molecule has 7 heteroatoms. The number of carbonyl (C=O) groups excluding carboxylic acids is 2. The first-order chi connectivity index (χ1) is 16.7. The number of fused-ring (bicyclic) bond motifs is 5. The molecule has 3 aromatic carbocycles. The van der Waals surface area contributed by atoms with Crippen molar-refractivity contribution in [2.24, 2.45) is 0 Å². The summed E-state index contributed by atoms with van der Waals surface area (Å²) < 4.78 is 19.7. The molecule has 0 radical (unpaired) electrons. The molecule has 1 aromatic heterocycles. The third kappa shape index (κ3) is 2.66. The molecule has 1 unspecified atom stereocenters. The highest BCUT2D eigenvalue weighted by Crippen LogP contribution is 2.52. The van der Waals surface area contributed by atoms with Crippen molar-refractivity contribution in [2.75, 3.05) is 11.9 Å². The number of para-hydroxylation sites is 1. The Bertz CT molecular complexity index is 1640. The van der Waals surface area contributed by atoms with Gasteiger partial charge in [0.15, 0.2) is 11.0 Å². The number of likely N-dealkylation sites (N-methyl/N-ethyl adjacent to an activating group) is 1. The van der Waals surface area contributed by atoms with Crippen molar-refractivity contribution >= 4 is 28.5 Å². The van der Waals surface area contributed by atoms with Crippen LogP contribution in [0.25, 0.3) is 11.0 Å². The normalized spacial score (nSPS) is 18.6. The van der Waals surface area contributed by atoms with Crippen LogP contribution in [0.4, 0.5) is 10.1 Å². The van der Waals surface area contributed by atoms with Crippen molar-refractivity contribution in [1.29, 1.82) is 0 Å². The van der Waals surface area contributed by atoms with Gasteiger partial charge < -0.3 is 14.2 Å². The van der Waals surface area contributed by atoms with Crippen LogP contribution in [0.1, 0.15) is 38.4 Å². The fourth-order valence-electron chi connectivity index (χ4n) is 5.34. The van der Waals surface area contributed by atoms with Gasteiger partial charge in [0.2, 0.25) is 5.76 Å². The lowest BCUT2D eigenvalue weighted by molar-refractivity contribution is -0.126. The van der Waals surface area contributed by atoms with E-state index >= 15 is 0 Å². The average Bonchev–Trinajstić information content (AvgIpc) is 3.22. The zero-order valence-corrected chi connectivity index (χ0v) is 19.4. The zero-order chi connectivity index (χ0) is 24.6. The Hall–Kier alpha value is -4.26. The number of halogens is 1. The van der Waals surface area contributed by atoms with Gasteiger partial charge in [-0.05, 0) is 60.9 Å². The Morgan fingerprint density at radius 1 is 0.943 bits per heavy atom. The van der Waals surface area contributed by atoms with Gasteiger partial charge >= 0.3 is 0 Å². The maximum Gasteiger partial charge on any atom is 0.291 e. The molecule has 1 atom stereocenters. The molecule has 2 aliphatic rings. The molecule has 0 bridgehead atoms. The van der Waals surface area contributed by atoms with Gasteiger partial charge in [-0.3, -0.25) is 14.4 Å². The summed E-state index contributed by atoms with van der Waals surface area (Å²) >= 11 is 0. The van der Waals surface area contributed by atoms with Crippen LogP contribution in [0.15, 0.2) is 69.9 Å². The summed E-state index contributed by atoms with van der Waals surface area (Å²) in [7, 11) is 1.63. The summed E-state index contributed by atoms with van der Waals surface area (Å²) in [6.07, 6.45) is 0. The number of rotatable bonds is 2. The van der Waals surface area contributed by atoms with Crippen LogP contribution in [0.2, 0.25) is 0 Å². The molecule has 0 fully saturated rings. The highest BCUT2D eigenvalue weighted by molar-refractivity contribution is 6.16. The standard InChI is InChI=1S/C28H21FN2O4/c1-15-12-19-22(13-16(15)2)35-25-23(24(19)32)28(20-6-4-5-7-21(20)30(3)27(28)34)31(26(25)33)14-17-8-10-18(29)11-9-17/h4-13H,14H2,1-3H3. The summed E-state index contributed by atoms with van der Waals surface area (Å²) in [5.74, 6) is -1.51. The predicted octanol–water partition coefficient (Wildman–Crippen LogP) is 4.42. The van der Waals surface area contributed by atoms with Crippen molar-refractivity contribution in [3.8, 4) is 0 Å². The van der Waals surface area contributed by atoms with Crippen molar-refractivity contribution in [1.82, 2.24) is 4.90 Å². The number of aryl methyl sites for hydroxylation is 2. The second-order valence-electron chi connectivity index (χ2n) is 9.18. The molecule has 0 saturated carbocycles. The second-order valence-corrected chi connectivity index (χ2v) is 9.18. The highest BCUT2D eigenvalue weighted by atomic mass is 19.1. The molecule has 0 aliphatic carbocycles. The molecule has 2 aliphatic heterocycles.